The first kappa shape index (κ1) is 13.8. The molecule has 0 saturated carbocycles. The van der Waals surface area contributed by atoms with Crippen LogP contribution in [0.25, 0.3) is 0 Å². The Morgan fingerprint density at radius 1 is 1.32 bits per heavy atom. The summed E-state index contributed by atoms with van der Waals surface area (Å²) in [5.41, 5.74) is 6.81. The first-order chi connectivity index (χ1) is 9.20. The molecule has 0 radical (unpaired) electrons. The normalized spacial score (nSPS) is 14.3. The van der Waals surface area contributed by atoms with E-state index in [0.29, 0.717) is 6.61 Å². The quantitative estimate of drug-likeness (QED) is 0.868. The zero-order chi connectivity index (χ0) is 13.7. The van der Waals surface area contributed by atoms with Crippen LogP contribution in [0.5, 0.6) is 0 Å². The summed E-state index contributed by atoms with van der Waals surface area (Å²) in [5.74, 6) is 0.442. The van der Waals surface area contributed by atoms with Crippen LogP contribution in [0, 0.1) is 5.82 Å². The number of hydrogen-bond acceptors (Lipinski definition) is 3. The third-order valence-electron chi connectivity index (χ3n) is 3.02. The third kappa shape index (κ3) is 3.66. The molecule has 2 aromatic rings. The monoisotopic (exact) mass is 263 g/mol. The molecule has 0 aliphatic heterocycles. The maximum Gasteiger partial charge on any atom is 0.129 e. The summed E-state index contributed by atoms with van der Waals surface area (Å²) in [6.07, 6.45) is 2.00. The van der Waals surface area contributed by atoms with Gasteiger partial charge in [-0.1, -0.05) is 19.1 Å². The van der Waals surface area contributed by atoms with Crippen LogP contribution < -0.4 is 5.73 Å². The Morgan fingerprint density at radius 3 is 2.79 bits per heavy atom. The Labute approximate surface area is 112 Å². The van der Waals surface area contributed by atoms with Gasteiger partial charge in [0.2, 0.25) is 0 Å². The Balaban J connectivity index is 2.11. The van der Waals surface area contributed by atoms with Gasteiger partial charge in [-0.25, -0.2) is 4.39 Å². The number of furan rings is 1. The van der Waals surface area contributed by atoms with Crippen LogP contribution in [-0.4, -0.2) is 6.04 Å². The van der Waals surface area contributed by atoms with E-state index in [1.807, 2.05) is 19.1 Å². The molecule has 2 unspecified atom stereocenters. The highest BCUT2D eigenvalue weighted by Gasteiger charge is 2.20. The molecule has 0 aliphatic carbocycles. The molecule has 4 heteroatoms. The maximum absolute atomic E-state index is 13.3. The molecular formula is C15H18FNO2. The smallest absolute Gasteiger partial charge is 0.129 e. The molecular weight excluding hydrogens is 245 g/mol. The fourth-order valence-corrected chi connectivity index (χ4v) is 1.93. The van der Waals surface area contributed by atoms with Crippen LogP contribution in [-0.2, 0) is 11.3 Å². The Bertz CT molecular complexity index is 499. The second-order valence-corrected chi connectivity index (χ2v) is 4.44. The number of nitrogens with two attached hydrogens (primary N) is 1. The van der Waals surface area contributed by atoms with Crippen molar-refractivity contribution < 1.29 is 13.5 Å². The lowest BCUT2D eigenvalue weighted by molar-refractivity contribution is 0.0125. The number of hydrogen-bond donors (Lipinski definition) is 1. The second-order valence-electron chi connectivity index (χ2n) is 4.44. The molecule has 1 aromatic carbocycles. The Kier molecular flexibility index (Phi) is 4.71. The summed E-state index contributed by atoms with van der Waals surface area (Å²) >= 11 is 0. The average Bonchev–Trinajstić information content (AvgIpc) is 2.92. The van der Waals surface area contributed by atoms with Crippen molar-refractivity contribution in [1.29, 1.82) is 0 Å². The lowest BCUT2D eigenvalue weighted by atomic mass is 10.0. The highest BCUT2D eigenvalue weighted by atomic mass is 19.1. The topological polar surface area (TPSA) is 48.4 Å². The number of ether oxygens (including phenoxy) is 1. The van der Waals surface area contributed by atoms with Crippen molar-refractivity contribution in [2.45, 2.75) is 32.1 Å². The molecule has 1 heterocycles. The third-order valence-corrected chi connectivity index (χ3v) is 3.02. The molecule has 0 bridgehead atoms. The first-order valence-corrected chi connectivity index (χ1v) is 6.35. The van der Waals surface area contributed by atoms with E-state index in [1.165, 1.54) is 12.1 Å². The minimum absolute atomic E-state index is 0.184. The summed E-state index contributed by atoms with van der Waals surface area (Å²) in [7, 11) is 0. The fraction of sp³-hybridized carbons (Fsp3) is 0.333. The predicted octanol–water partition coefficient (Wildman–Crippen LogP) is 3.41. The highest BCUT2D eigenvalue weighted by molar-refractivity contribution is 5.20. The van der Waals surface area contributed by atoms with Gasteiger partial charge in [-0.05, 0) is 36.2 Å². The first-order valence-electron chi connectivity index (χ1n) is 6.35. The zero-order valence-electron chi connectivity index (χ0n) is 10.9. The molecule has 2 N–H and O–H groups in total. The summed E-state index contributed by atoms with van der Waals surface area (Å²) in [5, 5.41) is 0. The standard InChI is InChI=1S/C15H18FNO2/c1-2-14(17)15(11-5-3-6-12(16)9-11)19-10-13-7-4-8-18-13/h3-9,14-15H,2,10,17H2,1H3. The molecule has 19 heavy (non-hydrogen) atoms. The van der Waals surface area contributed by atoms with Crippen molar-refractivity contribution in [1.82, 2.24) is 0 Å². The van der Waals surface area contributed by atoms with Crippen molar-refractivity contribution in [2.24, 2.45) is 5.73 Å². The molecule has 0 saturated heterocycles. The Morgan fingerprint density at radius 2 is 2.16 bits per heavy atom. The molecule has 0 fully saturated rings. The number of benzene rings is 1. The fourth-order valence-electron chi connectivity index (χ4n) is 1.93. The van der Waals surface area contributed by atoms with Gasteiger partial charge >= 0.3 is 0 Å². The predicted molar refractivity (Wildman–Crippen MR) is 70.9 cm³/mol. The van der Waals surface area contributed by atoms with Crippen molar-refractivity contribution in [3.05, 3.63) is 59.8 Å². The van der Waals surface area contributed by atoms with E-state index < -0.39 is 0 Å². The van der Waals surface area contributed by atoms with Crippen molar-refractivity contribution >= 4 is 0 Å². The molecule has 0 aliphatic rings. The van der Waals surface area contributed by atoms with Crippen molar-refractivity contribution in [2.75, 3.05) is 0 Å². The molecule has 102 valence electrons. The van der Waals surface area contributed by atoms with E-state index in [4.69, 9.17) is 14.9 Å². The average molecular weight is 263 g/mol. The van der Waals surface area contributed by atoms with E-state index in [2.05, 4.69) is 0 Å². The van der Waals surface area contributed by atoms with E-state index >= 15 is 0 Å². The second kappa shape index (κ2) is 6.50. The van der Waals surface area contributed by atoms with Gasteiger partial charge in [0.05, 0.1) is 12.4 Å². The van der Waals surface area contributed by atoms with Gasteiger partial charge in [0.15, 0.2) is 0 Å². The zero-order valence-corrected chi connectivity index (χ0v) is 10.9. The lowest BCUT2D eigenvalue weighted by Gasteiger charge is -2.23. The lowest BCUT2D eigenvalue weighted by Crippen LogP contribution is -2.29. The number of halogens is 1. The molecule has 0 amide bonds. The van der Waals surface area contributed by atoms with Crippen molar-refractivity contribution in [3.63, 3.8) is 0 Å². The van der Waals surface area contributed by atoms with Crippen LogP contribution in [0.15, 0.2) is 47.1 Å². The van der Waals surface area contributed by atoms with E-state index in [-0.39, 0.29) is 18.0 Å². The van der Waals surface area contributed by atoms with Gasteiger partial charge in [0, 0.05) is 6.04 Å². The van der Waals surface area contributed by atoms with E-state index in [1.54, 1.807) is 18.4 Å². The summed E-state index contributed by atoms with van der Waals surface area (Å²) < 4.78 is 24.3. The minimum atomic E-state index is -0.342. The van der Waals surface area contributed by atoms with Crippen LogP contribution in [0.4, 0.5) is 4.39 Å². The molecule has 2 atom stereocenters. The summed E-state index contributed by atoms with van der Waals surface area (Å²) in [4.78, 5) is 0. The summed E-state index contributed by atoms with van der Waals surface area (Å²) in [6, 6.07) is 9.81. The van der Waals surface area contributed by atoms with E-state index in [0.717, 1.165) is 17.7 Å². The summed E-state index contributed by atoms with van der Waals surface area (Å²) in [6.45, 7) is 2.30. The van der Waals surface area contributed by atoms with Gasteiger partial charge in [-0.2, -0.15) is 0 Å². The van der Waals surface area contributed by atoms with Crippen LogP contribution in [0.3, 0.4) is 0 Å². The molecule has 1 aromatic heterocycles. The SMILES string of the molecule is CCC(N)C(OCc1ccco1)c1cccc(F)c1. The largest absolute Gasteiger partial charge is 0.467 e. The van der Waals surface area contributed by atoms with Gasteiger partial charge in [-0.15, -0.1) is 0 Å². The van der Waals surface area contributed by atoms with Gasteiger partial charge < -0.3 is 14.9 Å². The highest BCUT2D eigenvalue weighted by Crippen LogP contribution is 2.24. The molecule has 3 nitrogen and oxygen atoms in total. The number of rotatable bonds is 6. The van der Waals surface area contributed by atoms with E-state index in [9.17, 15) is 4.39 Å². The molecule has 0 spiro atoms. The van der Waals surface area contributed by atoms with Gasteiger partial charge in [0.25, 0.3) is 0 Å². The van der Waals surface area contributed by atoms with Crippen LogP contribution in [0.1, 0.15) is 30.8 Å². The van der Waals surface area contributed by atoms with Gasteiger partial charge in [0.1, 0.15) is 18.2 Å². The van der Waals surface area contributed by atoms with Gasteiger partial charge in [-0.3, -0.25) is 0 Å². The molecule has 2 rings (SSSR count). The minimum Gasteiger partial charge on any atom is -0.467 e. The Hall–Kier alpha value is -1.65. The van der Waals surface area contributed by atoms with Crippen LogP contribution in [0.2, 0.25) is 0 Å². The van der Waals surface area contributed by atoms with Crippen molar-refractivity contribution in [3.8, 4) is 0 Å². The van der Waals surface area contributed by atoms with Crippen LogP contribution >= 0.6 is 0 Å². The maximum atomic E-state index is 13.3.